The first-order chi connectivity index (χ1) is 12.6. The Morgan fingerprint density at radius 3 is 2.88 bits per heavy atom. The van der Waals surface area contributed by atoms with Crippen LogP contribution in [0.4, 0.5) is 5.69 Å². The maximum Gasteiger partial charge on any atom is 0.244 e. The van der Waals surface area contributed by atoms with E-state index in [4.69, 9.17) is 16.3 Å². The quantitative estimate of drug-likeness (QED) is 0.875. The van der Waals surface area contributed by atoms with Crippen LogP contribution in [0.5, 0.6) is 5.75 Å². The Labute approximate surface area is 158 Å². The molecule has 1 aliphatic heterocycles. The number of hydrogen-bond acceptors (Lipinski definition) is 4. The Bertz CT molecular complexity index is 847. The Hall–Kier alpha value is -2.55. The molecule has 2 aromatic rings. The predicted molar refractivity (Wildman–Crippen MR) is 101 cm³/mol. The number of halogens is 1. The predicted octanol–water partition coefficient (Wildman–Crippen LogP) is 3.51. The molecule has 0 bridgehead atoms. The molecule has 1 fully saturated rings. The van der Waals surface area contributed by atoms with Crippen molar-refractivity contribution >= 4 is 23.2 Å². The number of carbonyl (C=O) groups excluding carboxylic acids is 1. The zero-order valence-electron chi connectivity index (χ0n) is 14.5. The number of nitrogens with zero attached hydrogens (tertiary/aromatic N) is 2. The van der Waals surface area contributed by atoms with Crippen molar-refractivity contribution in [3.63, 3.8) is 0 Å². The molecule has 1 saturated heterocycles. The Kier molecular flexibility index (Phi) is 5.77. The SMILES string of the molecule is COc1ccc(CN[C@@H]2CCCN(c3ccccc3Cl)C2=O)cc1C#N. The van der Waals surface area contributed by atoms with Crippen molar-refractivity contribution in [3.05, 3.63) is 58.6 Å². The number of rotatable bonds is 5. The molecule has 3 rings (SSSR count). The van der Waals surface area contributed by atoms with Crippen LogP contribution in [0.2, 0.25) is 5.02 Å². The summed E-state index contributed by atoms with van der Waals surface area (Å²) in [5.74, 6) is 0.577. The number of carbonyl (C=O) groups is 1. The van der Waals surface area contributed by atoms with Gasteiger partial charge in [0.1, 0.15) is 11.8 Å². The summed E-state index contributed by atoms with van der Waals surface area (Å²) in [5.41, 5.74) is 2.17. The third-order valence-corrected chi connectivity index (χ3v) is 4.84. The summed E-state index contributed by atoms with van der Waals surface area (Å²) in [7, 11) is 1.54. The number of hydrogen-bond donors (Lipinski definition) is 1. The summed E-state index contributed by atoms with van der Waals surface area (Å²) in [6, 6.07) is 14.7. The van der Waals surface area contributed by atoms with Crippen molar-refractivity contribution in [2.45, 2.75) is 25.4 Å². The van der Waals surface area contributed by atoms with Gasteiger partial charge in [-0.15, -0.1) is 0 Å². The van der Waals surface area contributed by atoms with E-state index in [9.17, 15) is 10.1 Å². The van der Waals surface area contributed by atoms with Gasteiger partial charge in [-0.3, -0.25) is 4.79 Å². The third-order valence-electron chi connectivity index (χ3n) is 4.52. The van der Waals surface area contributed by atoms with Crippen molar-refractivity contribution in [2.24, 2.45) is 0 Å². The molecule has 0 aromatic heterocycles. The second-order valence-corrected chi connectivity index (χ2v) is 6.57. The summed E-state index contributed by atoms with van der Waals surface area (Å²) < 4.78 is 5.16. The van der Waals surface area contributed by atoms with Crippen LogP contribution in [0, 0.1) is 11.3 Å². The highest BCUT2D eigenvalue weighted by Gasteiger charge is 2.30. The van der Waals surface area contributed by atoms with Gasteiger partial charge in [0.05, 0.1) is 29.4 Å². The van der Waals surface area contributed by atoms with Gasteiger partial charge in [-0.1, -0.05) is 29.8 Å². The van der Waals surface area contributed by atoms with Gasteiger partial charge >= 0.3 is 0 Å². The minimum atomic E-state index is -0.271. The molecule has 1 aliphatic rings. The topological polar surface area (TPSA) is 65.4 Å². The first kappa shape index (κ1) is 18.2. The molecule has 2 aromatic carbocycles. The van der Waals surface area contributed by atoms with Gasteiger partial charge in [0.25, 0.3) is 0 Å². The van der Waals surface area contributed by atoms with E-state index in [1.807, 2.05) is 24.3 Å². The molecule has 0 saturated carbocycles. The number of para-hydroxylation sites is 1. The van der Waals surface area contributed by atoms with E-state index in [2.05, 4.69) is 11.4 Å². The zero-order valence-corrected chi connectivity index (χ0v) is 15.3. The van der Waals surface area contributed by atoms with Crippen molar-refractivity contribution in [2.75, 3.05) is 18.6 Å². The van der Waals surface area contributed by atoms with Crippen LogP contribution in [-0.4, -0.2) is 25.6 Å². The van der Waals surface area contributed by atoms with Crippen LogP contribution in [0.15, 0.2) is 42.5 Å². The van der Waals surface area contributed by atoms with E-state index in [0.717, 1.165) is 24.1 Å². The molecule has 134 valence electrons. The molecule has 0 aliphatic carbocycles. The van der Waals surface area contributed by atoms with E-state index in [0.29, 0.717) is 29.4 Å². The molecular formula is C20H20ClN3O2. The molecule has 1 atom stereocenters. The van der Waals surface area contributed by atoms with Crippen LogP contribution in [0.1, 0.15) is 24.0 Å². The number of piperidine rings is 1. The zero-order chi connectivity index (χ0) is 18.5. The average molecular weight is 370 g/mol. The highest BCUT2D eigenvalue weighted by molar-refractivity contribution is 6.33. The third kappa shape index (κ3) is 3.82. The number of methoxy groups -OCH3 is 1. The molecule has 1 heterocycles. The van der Waals surface area contributed by atoms with E-state index < -0.39 is 0 Å². The minimum Gasteiger partial charge on any atom is -0.495 e. The van der Waals surface area contributed by atoms with Crippen molar-refractivity contribution < 1.29 is 9.53 Å². The molecule has 0 radical (unpaired) electrons. The fraction of sp³-hybridized carbons (Fsp3) is 0.300. The summed E-state index contributed by atoms with van der Waals surface area (Å²) in [5, 5.41) is 13.1. The van der Waals surface area contributed by atoms with Gasteiger partial charge in [-0.25, -0.2) is 0 Å². The second-order valence-electron chi connectivity index (χ2n) is 6.16. The maximum atomic E-state index is 12.9. The summed E-state index contributed by atoms with van der Waals surface area (Å²) in [6.45, 7) is 1.17. The van der Waals surface area contributed by atoms with Crippen LogP contribution < -0.4 is 15.0 Å². The lowest BCUT2D eigenvalue weighted by atomic mass is 10.0. The van der Waals surface area contributed by atoms with Gasteiger partial charge < -0.3 is 15.0 Å². The van der Waals surface area contributed by atoms with Crippen molar-refractivity contribution in [1.29, 1.82) is 5.26 Å². The highest BCUT2D eigenvalue weighted by Crippen LogP contribution is 2.28. The number of benzene rings is 2. The molecule has 1 N–H and O–H groups in total. The Morgan fingerprint density at radius 2 is 2.15 bits per heavy atom. The first-order valence-corrected chi connectivity index (χ1v) is 8.88. The Balaban J connectivity index is 1.70. The standard InChI is InChI=1S/C20H20ClN3O2/c1-26-19-9-8-14(11-15(19)12-22)13-23-17-6-4-10-24(20(17)25)18-7-3-2-5-16(18)21/h2-3,5,7-9,11,17,23H,4,6,10,13H2,1H3/t17-/m1/s1. The van der Waals surface area contributed by atoms with E-state index in [-0.39, 0.29) is 11.9 Å². The summed E-state index contributed by atoms with van der Waals surface area (Å²) in [6.07, 6.45) is 1.68. The monoisotopic (exact) mass is 369 g/mol. The van der Waals surface area contributed by atoms with Crippen LogP contribution in [0.25, 0.3) is 0 Å². The van der Waals surface area contributed by atoms with Crippen molar-refractivity contribution in [1.82, 2.24) is 5.32 Å². The van der Waals surface area contributed by atoms with E-state index >= 15 is 0 Å². The first-order valence-electron chi connectivity index (χ1n) is 8.50. The fourth-order valence-electron chi connectivity index (χ4n) is 3.17. The lowest BCUT2D eigenvalue weighted by Gasteiger charge is -2.33. The molecule has 5 nitrogen and oxygen atoms in total. The number of ether oxygens (including phenoxy) is 1. The summed E-state index contributed by atoms with van der Waals surface area (Å²) >= 11 is 6.25. The van der Waals surface area contributed by atoms with Gasteiger partial charge in [0, 0.05) is 13.1 Å². The number of anilines is 1. The van der Waals surface area contributed by atoms with Gasteiger partial charge in [-0.05, 0) is 42.7 Å². The average Bonchev–Trinajstić information content (AvgIpc) is 2.67. The van der Waals surface area contributed by atoms with Crippen LogP contribution >= 0.6 is 11.6 Å². The lowest BCUT2D eigenvalue weighted by molar-refractivity contribution is -0.121. The number of amides is 1. The van der Waals surface area contributed by atoms with Gasteiger partial charge in [0.2, 0.25) is 5.91 Å². The van der Waals surface area contributed by atoms with E-state index in [1.54, 1.807) is 23.1 Å². The second kappa shape index (κ2) is 8.22. The minimum absolute atomic E-state index is 0.0263. The molecular weight excluding hydrogens is 350 g/mol. The molecule has 1 amide bonds. The molecule has 0 spiro atoms. The lowest BCUT2D eigenvalue weighted by Crippen LogP contribution is -2.50. The van der Waals surface area contributed by atoms with Crippen molar-refractivity contribution in [3.8, 4) is 11.8 Å². The summed E-state index contributed by atoms with van der Waals surface area (Å²) in [4.78, 5) is 14.6. The molecule has 0 unspecified atom stereocenters. The number of nitrogens with one attached hydrogen (secondary N) is 1. The number of nitriles is 1. The molecule has 26 heavy (non-hydrogen) atoms. The smallest absolute Gasteiger partial charge is 0.244 e. The fourth-order valence-corrected chi connectivity index (χ4v) is 3.41. The molecule has 6 heteroatoms. The van der Waals surface area contributed by atoms with Gasteiger partial charge in [-0.2, -0.15) is 5.26 Å². The Morgan fingerprint density at radius 1 is 1.35 bits per heavy atom. The maximum absolute atomic E-state index is 12.9. The largest absolute Gasteiger partial charge is 0.495 e. The van der Waals surface area contributed by atoms with Gasteiger partial charge in [0.15, 0.2) is 0 Å². The van der Waals surface area contributed by atoms with Crippen LogP contribution in [-0.2, 0) is 11.3 Å². The highest BCUT2D eigenvalue weighted by atomic mass is 35.5. The van der Waals surface area contributed by atoms with Crippen LogP contribution in [0.3, 0.4) is 0 Å². The normalized spacial score (nSPS) is 17.0. The van der Waals surface area contributed by atoms with E-state index in [1.165, 1.54) is 7.11 Å².